The predicted octanol–water partition coefficient (Wildman–Crippen LogP) is 4.44. The summed E-state index contributed by atoms with van der Waals surface area (Å²) >= 11 is 17.6. The Morgan fingerprint density at radius 3 is 2.14 bits per heavy atom. The fraction of sp³-hybridized carbons (Fsp3) is 0.0667. The monoisotopic (exact) mass is 357 g/mol. The largest absolute Gasteiger partial charge is 0.452 e. The molecule has 0 bridgehead atoms. The molecule has 0 atom stereocenters. The molecule has 0 unspecified atom stereocenters. The van der Waals surface area contributed by atoms with Gasteiger partial charge in [0, 0.05) is 5.02 Å². The van der Waals surface area contributed by atoms with E-state index in [1.165, 1.54) is 12.1 Å². The summed E-state index contributed by atoms with van der Waals surface area (Å²) in [5, 5.41) is 3.59. The van der Waals surface area contributed by atoms with Crippen molar-refractivity contribution in [2.75, 3.05) is 11.9 Å². The van der Waals surface area contributed by atoms with Crippen molar-refractivity contribution in [1.82, 2.24) is 0 Å². The third-order valence-electron chi connectivity index (χ3n) is 2.64. The third-order valence-corrected chi connectivity index (χ3v) is 3.52. The minimum absolute atomic E-state index is 0.276. The molecule has 0 aliphatic rings. The SMILES string of the molecule is O=C(COC(=O)c1ccc(Cl)cc1)Nc1c(Cl)cccc1Cl. The van der Waals surface area contributed by atoms with Gasteiger partial charge < -0.3 is 10.1 Å². The average Bonchev–Trinajstić information content (AvgIpc) is 2.49. The number of nitrogens with one attached hydrogen (secondary N) is 1. The van der Waals surface area contributed by atoms with Crippen LogP contribution in [-0.4, -0.2) is 18.5 Å². The Balaban J connectivity index is 1.93. The zero-order valence-electron chi connectivity index (χ0n) is 11.1. The topological polar surface area (TPSA) is 55.4 Å². The third kappa shape index (κ3) is 4.37. The number of carbonyl (C=O) groups is 2. The highest BCUT2D eigenvalue weighted by molar-refractivity contribution is 6.39. The van der Waals surface area contributed by atoms with E-state index in [2.05, 4.69) is 5.32 Å². The van der Waals surface area contributed by atoms with Crippen LogP contribution in [-0.2, 0) is 9.53 Å². The number of esters is 1. The van der Waals surface area contributed by atoms with Crippen LogP contribution in [0.1, 0.15) is 10.4 Å². The van der Waals surface area contributed by atoms with E-state index in [4.69, 9.17) is 39.5 Å². The molecule has 0 saturated carbocycles. The van der Waals surface area contributed by atoms with E-state index in [0.29, 0.717) is 20.6 Å². The highest BCUT2D eigenvalue weighted by Gasteiger charge is 2.13. The Labute approximate surface area is 141 Å². The van der Waals surface area contributed by atoms with E-state index in [1.54, 1.807) is 30.3 Å². The zero-order valence-corrected chi connectivity index (χ0v) is 13.4. The molecule has 0 spiro atoms. The van der Waals surface area contributed by atoms with Crippen LogP contribution in [0.4, 0.5) is 5.69 Å². The number of rotatable bonds is 4. The molecule has 0 fully saturated rings. The van der Waals surface area contributed by atoms with Crippen LogP contribution < -0.4 is 5.32 Å². The van der Waals surface area contributed by atoms with Crippen molar-refractivity contribution < 1.29 is 14.3 Å². The van der Waals surface area contributed by atoms with Gasteiger partial charge in [-0.2, -0.15) is 0 Å². The number of benzene rings is 2. The van der Waals surface area contributed by atoms with Gasteiger partial charge in [0.2, 0.25) is 0 Å². The fourth-order valence-electron chi connectivity index (χ4n) is 1.59. The van der Waals surface area contributed by atoms with Crippen LogP contribution in [0, 0.1) is 0 Å². The van der Waals surface area contributed by atoms with Crippen molar-refractivity contribution in [3.63, 3.8) is 0 Å². The molecule has 0 aliphatic heterocycles. The molecule has 2 aromatic carbocycles. The Morgan fingerprint density at radius 2 is 1.55 bits per heavy atom. The molecule has 114 valence electrons. The second-order valence-electron chi connectivity index (χ2n) is 4.23. The van der Waals surface area contributed by atoms with Crippen LogP contribution in [0.2, 0.25) is 15.1 Å². The first-order valence-electron chi connectivity index (χ1n) is 6.14. The lowest BCUT2D eigenvalue weighted by Gasteiger charge is -2.09. The Hall–Kier alpha value is -1.75. The zero-order chi connectivity index (χ0) is 16.1. The van der Waals surface area contributed by atoms with Gasteiger partial charge in [0.05, 0.1) is 21.3 Å². The second kappa shape index (κ2) is 7.49. The summed E-state index contributed by atoms with van der Waals surface area (Å²) in [4.78, 5) is 23.5. The summed E-state index contributed by atoms with van der Waals surface area (Å²) in [5.74, 6) is -1.17. The second-order valence-corrected chi connectivity index (χ2v) is 5.48. The van der Waals surface area contributed by atoms with E-state index in [1.807, 2.05) is 0 Å². The van der Waals surface area contributed by atoms with Gasteiger partial charge in [-0.1, -0.05) is 40.9 Å². The lowest BCUT2D eigenvalue weighted by molar-refractivity contribution is -0.119. The summed E-state index contributed by atoms with van der Waals surface area (Å²) in [6, 6.07) is 11.0. The molecule has 1 amide bonds. The summed E-state index contributed by atoms with van der Waals surface area (Å²) in [6.07, 6.45) is 0. The number of ether oxygens (including phenoxy) is 1. The van der Waals surface area contributed by atoms with Gasteiger partial charge >= 0.3 is 5.97 Å². The van der Waals surface area contributed by atoms with Crippen molar-refractivity contribution in [1.29, 1.82) is 0 Å². The normalized spacial score (nSPS) is 10.1. The first kappa shape index (κ1) is 16.6. The maximum Gasteiger partial charge on any atom is 0.338 e. The molecule has 2 aromatic rings. The summed E-state index contributed by atoms with van der Waals surface area (Å²) in [5.41, 5.74) is 0.575. The Bertz CT molecular complexity index is 681. The van der Waals surface area contributed by atoms with E-state index in [9.17, 15) is 9.59 Å². The molecule has 0 heterocycles. The van der Waals surface area contributed by atoms with Gasteiger partial charge in [-0.25, -0.2) is 4.79 Å². The lowest BCUT2D eigenvalue weighted by atomic mass is 10.2. The smallest absolute Gasteiger partial charge is 0.338 e. The minimum Gasteiger partial charge on any atom is -0.452 e. The molecule has 1 N–H and O–H groups in total. The Kier molecular flexibility index (Phi) is 5.66. The van der Waals surface area contributed by atoms with Crippen molar-refractivity contribution in [2.24, 2.45) is 0 Å². The van der Waals surface area contributed by atoms with E-state index in [0.717, 1.165) is 0 Å². The van der Waals surface area contributed by atoms with Crippen LogP contribution in [0.3, 0.4) is 0 Å². The van der Waals surface area contributed by atoms with Gasteiger partial charge in [0.1, 0.15) is 0 Å². The molecule has 2 rings (SSSR count). The molecule has 0 saturated heterocycles. The number of carbonyl (C=O) groups excluding carboxylic acids is 2. The van der Waals surface area contributed by atoms with Crippen LogP contribution in [0.25, 0.3) is 0 Å². The van der Waals surface area contributed by atoms with Gasteiger partial charge in [-0.3, -0.25) is 4.79 Å². The van der Waals surface area contributed by atoms with Gasteiger partial charge in [0.25, 0.3) is 5.91 Å². The van der Waals surface area contributed by atoms with Gasteiger partial charge in [-0.05, 0) is 36.4 Å². The van der Waals surface area contributed by atoms with Crippen LogP contribution >= 0.6 is 34.8 Å². The number of hydrogen-bond acceptors (Lipinski definition) is 3. The van der Waals surface area contributed by atoms with Crippen molar-refractivity contribution >= 4 is 52.4 Å². The highest BCUT2D eigenvalue weighted by Crippen LogP contribution is 2.29. The highest BCUT2D eigenvalue weighted by atomic mass is 35.5. The maximum atomic E-state index is 11.8. The van der Waals surface area contributed by atoms with Crippen molar-refractivity contribution in [3.05, 3.63) is 63.1 Å². The number of halogens is 3. The molecule has 22 heavy (non-hydrogen) atoms. The van der Waals surface area contributed by atoms with Crippen LogP contribution in [0.5, 0.6) is 0 Å². The van der Waals surface area contributed by atoms with Crippen LogP contribution in [0.15, 0.2) is 42.5 Å². The molecule has 0 aliphatic carbocycles. The number of para-hydroxylation sites is 1. The summed E-state index contributed by atoms with van der Waals surface area (Å²) < 4.78 is 4.90. The molecule has 4 nitrogen and oxygen atoms in total. The average molecular weight is 359 g/mol. The first-order valence-corrected chi connectivity index (χ1v) is 7.27. The quantitative estimate of drug-likeness (QED) is 0.822. The maximum absolute atomic E-state index is 11.8. The number of amides is 1. The Morgan fingerprint density at radius 1 is 0.955 bits per heavy atom. The molecular formula is C15H10Cl3NO3. The number of anilines is 1. The lowest BCUT2D eigenvalue weighted by Crippen LogP contribution is -2.21. The van der Waals surface area contributed by atoms with E-state index in [-0.39, 0.29) is 5.69 Å². The molecule has 7 heteroatoms. The van der Waals surface area contributed by atoms with Gasteiger partial charge in [-0.15, -0.1) is 0 Å². The van der Waals surface area contributed by atoms with E-state index < -0.39 is 18.5 Å². The predicted molar refractivity (Wildman–Crippen MR) is 86.8 cm³/mol. The fourth-order valence-corrected chi connectivity index (χ4v) is 2.21. The van der Waals surface area contributed by atoms with Crippen molar-refractivity contribution in [3.8, 4) is 0 Å². The van der Waals surface area contributed by atoms with Gasteiger partial charge in [0.15, 0.2) is 6.61 Å². The summed E-state index contributed by atoms with van der Waals surface area (Å²) in [6.45, 7) is -0.455. The first-order chi connectivity index (χ1) is 10.5. The van der Waals surface area contributed by atoms with E-state index >= 15 is 0 Å². The molecular weight excluding hydrogens is 349 g/mol. The standard InChI is InChI=1S/C15H10Cl3NO3/c16-10-6-4-9(5-7-10)15(21)22-8-13(20)19-14-11(17)2-1-3-12(14)18/h1-7H,8H2,(H,19,20). The van der Waals surface area contributed by atoms with Crippen molar-refractivity contribution in [2.45, 2.75) is 0 Å². The number of hydrogen-bond donors (Lipinski definition) is 1. The molecule has 0 radical (unpaired) electrons. The minimum atomic E-state index is -0.628. The summed E-state index contributed by atoms with van der Waals surface area (Å²) in [7, 11) is 0. The molecule has 0 aromatic heterocycles.